The second-order valence-electron chi connectivity index (χ2n) is 9.21. The maximum atomic E-state index is 13.1. The lowest BCUT2D eigenvalue weighted by atomic mass is 10.0. The van der Waals surface area contributed by atoms with E-state index in [1.165, 1.54) is 0 Å². The predicted molar refractivity (Wildman–Crippen MR) is 131 cm³/mol. The fraction of sp³-hybridized carbons (Fsp3) is 0.654. The van der Waals surface area contributed by atoms with Gasteiger partial charge < -0.3 is 14.8 Å². The van der Waals surface area contributed by atoms with Crippen molar-refractivity contribution < 1.29 is 9.59 Å². The molecule has 178 valence electrons. The Bertz CT molecular complexity index is 860. The van der Waals surface area contributed by atoms with Crippen molar-refractivity contribution in [3.63, 3.8) is 0 Å². The minimum Gasteiger partial charge on any atom is -0.356 e. The highest BCUT2D eigenvalue weighted by Crippen LogP contribution is 2.19. The van der Waals surface area contributed by atoms with E-state index in [-0.39, 0.29) is 29.8 Å². The molecule has 0 radical (unpaired) electrons. The molecule has 0 aliphatic carbocycles. The van der Waals surface area contributed by atoms with Crippen molar-refractivity contribution in [3.8, 4) is 0 Å². The molecular weight excluding hydrogens is 400 g/mol. The number of para-hydroxylation sites is 2. The van der Waals surface area contributed by atoms with Crippen LogP contribution in [0.5, 0.6) is 0 Å². The van der Waals surface area contributed by atoms with E-state index in [2.05, 4.69) is 51.4 Å². The van der Waals surface area contributed by atoms with Crippen LogP contribution in [0, 0.1) is 5.92 Å². The molecule has 0 atom stereocenters. The monoisotopic (exact) mass is 442 g/mol. The number of hydrogen-bond donors (Lipinski definition) is 1. The first-order chi connectivity index (χ1) is 15.3. The third-order valence-corrected chi connectivity index (χ3v) is 6.16. The Morgan fingerprint density at radius 3 is 2.28 bits per heavy atom. The summed E-state index contributed by atoms with van der Waals surface area (Å²) in [5.41, 5.74) is 1.95. The zero-order chi connectivity index (χ0) is 23.7. The van der Waals surface area contributed by atoms with Crippen LogP contribution < -0.4 is 5.32 Å². The molecule has 0 fully saturated rings. The predicted octanol–water partition coefficient (Wildman–Crippen LogP) is 4.95. The fourth-order valence-electron chi connectivity index (χ4n) is 4.48. The second-order valence-corrected chi connectivity index (χ2v) is 9.21. The number of unbranched alkanes of at least 4 members (excludes halogenated alkanes) is 2. The van der Waals surface area contributed by atoms with E-state index >= 15 is 0 Å². The molecule has 6 heteroatoms. The van der Waals surface area contributed by atoms with Gasteiger partial charge in [-0.2, -0.15) is 0 Å². The highest BCUT2D eigenvalue weighted by atomic mass is 16.2. The van der Waals surface area contributed by atoms with Crippen LogP contribution in [-0.2, 0) is 22.6 Å². The number of nitrogens with zero attached hydrogens (tertiary/aromatic N) is 3. The summed E-state index contributed by atoms with van der Waals surface area (Å²) in [6.07, 6.45) is 5.57. The first kappa shape index (κ1) is 25.9. The third-order valence-electron chi connectivity index (χ3n) is 6.16. The minimum absolute atomic E-state index is 0.128. The van der Waals surface area contributed by atoms with E-state index in [1.54, 1.807) is 0 Å². The largest absolute Gasteiger partial charge is 0.356 e. The van der Waals surface area contributed by atoms with E-state index in [0.717, 1.165) is 61.9 Å². The van der Waals surface area contributed by atoms with Gasteiger partial charge in [0, 0.05) is 31.0 Å². The SMILES string of the molecule is CCC(CC)C(=O)NCCCCCc1nc2ccccc2n1CC(=O)N(C(C)C)C(C)C. The Hall–Kier alpha value is -2.37. The topological polar surface area (TPSA) is 67.2 Å². The van der Waals surface area contributed by atoms with E-state index in [0.29, 0.717) is 6.54 Å². The van der Waals surface area contributed by atoms with Crippen molar-refractivity contribution >= 4 is 22.8 Å². The van der Waals surface area contributed by atoms with Gasteiger partial charge in [0.2, 0.25) is 11.8 Å². The lowest BCUT2D eigenvalue weighted by Gasteiger charge is -2.31. The molecule has 0 saturated heterocycles. The number of carbonyl (C=O) groups excluding carboxylic acids is 2. The number of rotatable bonds is 13. The lowest BCUT2D eigenvalue weighted by molar-refractivity contribution is -0.135. The second kappa shape index (κ2) is 12.6. The average Bonchev–Trinajstić information content (AvgIpc) is 3.08. The van der Waals surface area contributed by atoms with E-state index in [9.17, 15) is 9.59 Å². The number of nitrogens with one attached hydrogen (secondary N) is 1. The Morgan fingerprint density at radius 2 is 1.66 bits per heavy atom. The van der Waals surface area contributed by atoms with Gasteiger partial charge in [-0.25, -0.2) is 4.98 Å². The molecule has 0 unspecified atom stereocenters. The molecule has 2 aromatic rings. The van der Waals surface area contributed by atoms with Gasteiger partial charge in [-0.05, 0) is 65.5 Å². The number of amides is 2. The van der Waals surface area contributed by atoms with Gasteiger partial charge >= 0.3 is 0 Å². The summed E-state index contributed by atoms with van der Waals surface area (Å²) in [7, 11) is 0. The zero-order valence-corrected chi connectivity index (χ0v) is 20.9. The van der Waals surface area contributed by atoms with Crippen molar-refractivity contribution in [2.24, 2.45) is 5.92 Å². The standard InChI is InChI=1S/C26H42N4O2/c1-7-21(8-2)26(32)27-17-13-9-10-16-24-28-22-14-11-12-15-23(22)29(24)18-25(31)30(19(3)4)20(5)6/h11-12,14-15,19-21H,7-10,13,16-18H2,1-6H3,(H,27,32). The summed E-state index contributed by atoms with van der Waals surface area (Å²) in [4.78, 5) is 32.0. The quantitative estimate of drug-likeness (QED) is 0.447. The number of aryl methyl sites for hydroxylation is 1. The van der Waals surface area contributed by atoms with Crippen LogP contribution in [0.2, 0.25) is 0 Å². The number of imidazole rings is 1. The van der Waals surface area contributed by atoms with Crippen molar-refractivity contribution in [1.29, 1.82) is 0 Å². The van der Waals surface area contributed by atoms with Crippen molar-refractivity contribution in [1.82, 2.24) is 19.8 Å². The Labute approximate surface area is 193 Å². The Kier molecular flexibility index (Phi) is 10.2. The molecule has 6 nitrogen and oxygen atoms in total. The number of carbonyl (C=O) groups is 2. The summed E-state index contributed by atoms with van der Waals surface area (Å²) in [5, 5.41) is 3.07. The minimum atomic E-state index is 0.128. The summed E-state index contributed by atoms with van der Waals surface area (Å²) >= 11 is 0. The van der Waals surface area contributed by atoms with E-state index in [4.69, 9.17) is 4.98 Å². The van der Waals surface area contributed by atoms with Crippen LogP contribution in [0.3, 0.4) is 0 Å². The molecule has 0 bridgehead atoms. The van der Waals surface area contributed by atoms with Crippen LogP contribution in [0.4, 0.5) is 0 Å². The first-order valence-corrected chi connectivity index (χ1v) is 12.3. The summed E-state index contributed by atoms with van der Waals surface area (Å²) < 4.78 is 2.09. The first-order valence-electron chi connectivity index (χ1n) is 12.3. The van der Waals surface area contributed by atoms with Crippen LogP contribution in [0.15, 0.2) is 24.3 Å². The van der Waals surface area contributed by atoms with E-state index in [1.807, 2.05) is 29.2 Å². The molecule has 1 N–H and O–H groups in total. The lowest BCUT2D eigenvalue weighted by Crippen LogP contribution is -2.43. The third kappa shape index (κ3) is 6.81. The van der Waals surface area contributed by atoms with Crippen molar-refractivity contribution in [2.75, 3.05) is 6.54 Å². The highest BCUT2D eigenvalue weighted by molar-refractivity contribution is 5.81. The maximum absolute atomic E-state index is 13.1. The fourth-order valence-corrected chi connectivity index (χ4v) is 4.48. The van der Waals surface area contributed by atoms with Gasteiger partial charge in [-0.3, -0.25) is 9.59 Å². The van der Waals surface area contributed by atoms with Gasteiger partial charge in [-0.1, -0.05) is 32.4 Å². The maximum Gasteiger partial charge on any atom is 0.243 e. The van der Waals surface area contributed by atoms with Crippen LogP contribution in [-0.4, -0.2) is 44.9 Å². The van der Waals surface area contributed by atoms with Gasteiger partial charge in [0.05, 0.1) is 11.0 Å². The molecule has 0 saturated carbocycles. The summed E-state index contributed by atoms with van der Waals surface area (Å²) in [6.45, 7) is 13.4. The molecule has 0 aliphatic rings. The van der Waals surface area contributed by atoms with Gasteiger partial charge in [0.15, 0.2) is 0 Å². The molecule has 1 aromatic heterocycles. The zero-order valence-electron chi connectivity index (χ0n) is 20.9. The van der Waals surface area contributed by atoms with Crippen LogP contribution in [0.25, 0.3) is 11.0 Å². The smallest absolute Gasteiger partial charge is 0.243 e. The van der Waals surface area contributed by atoms with Crippen LogP contribution >= 0.6 is 0 Å². The Morgan fingerprint density at radius 1 is 1.00 bits per heavy atom. The molecule has 1 aromatic carbocycles. The average molecular weight is 443 g/mol. The van der Waals surface area contributed by atoms with Gasteiger partial charge in [0.1, 0.15) is 12.4 Å². The number of fused-ring (bicyclic) bond motifs is 1. The molecule has 0 aliphatic heterocycles. The molecule has 2 amide bonds. The molecule has 32 heavy (non-hydrogen) atoms. The highest BCUT2D eigenvalue weighted by Gasteiger charge is 2.22. The normalized spacial score (nSPS) is 11.7. The Balaban J connectivity index is 1.99. The molecule has 0 spiro atoms. The van der Waals surface area contributed by atoms with Gasteiger partial charge in [-0.15, -0.1) is 0 Å². The van der Waals surface area contributed by atoms with E-state index < -0.39 is 0 Å². The number of benzene rings is 1. The van der Waals surface area contributed by atoms with Gasteiger partial charge in [0.25, 0.3) is 0 Å². The summed E-state index contributed by atoms with van der Waals surface area (Å²) in [5.74, 6) is 1.40. The van der Waals surface area contributed by atoms with Crippen LogP contribution in [0.1, 0.15) is 79.5 Å². The molecule has 1 heterocycles. The molecular formula is C26H42N4O2. The summed E-state index contributed by atoms with van der Waals surface area (Å²) in [6, 6.07) is 8.37. The number of hydrogen-bond acceptors (Lipinski definition) is 3. The molecule has 2 rings (SSSR count). The number of aromatic nitrogens is 2. The van der Waals surface area contributed by atoms with Crippen molar-refractivity contribution in [3.05, 3.63) is 30.1 Å². The van der Waals surface area contributed by atoms with Crippen molar-refractivity contribution in [2.45, 2.75) is 98.7 Å².